The molecule has 2 aromatic heterocycles. The number of likely N-dealkylation sites (N-methyl/N-ethyl adjacent to an activating group) is 1. The summed E-state index contributed by atoms with van der Waals surface area (Å²) in [5.74, 6) is 0.828. The molecule has 9 nitrogen and oxygen atoms in total. The van der Waals surface area contributed by atoms with Crippen molar-refractivity contribution in [3.8, 4) is 17.1 Å². The normalized spacial score (nSPS) is 23.8. The second-order valence-electron chi connectivity index (χ2n) is 10.3. The summed E-state index contributed by atoms with van der Waals surface area (Å²) in [6.45, 7) is 5.08. The van der Waals surface area contributed by atoms with E-state index in [0.717, 1.165) is 53.9 Å². The van der Waals surface area contributed by atoms with Crippen LogP contribution in [0.25, 0.3) is 22.0 Å². The van der Waals surface area contributed by atoms with Crippen molar-refractivity contribution in [1.29, 1.82) is 0 Å². The summed E-state index contributed by atoms with van der Waals surface area (Å²) in [6, 6.07) is 10.0. The molecule has 0 spiro atoms. The van der Waals surface area contributed by atoms with Gasteiger partial charge in [0, 0.05) is 55.3 Å². The van der Waals surface area contributed by atoms with Crippen LogP contribution in [0.5, 0.6) is 6.01 Å². The number of pyridine rings is 1. The number of carbonyl (C=O) groups is 1. The Balaban J connectivity index is 1.36. The van der Waals surface area contributed by atoms with Crippen LogP contribution in [0.1, 0.15) is 32.6 Å². The summed E-state index contributed by atoms with van der Waals surface area (Å²) in [5.41, 5.74) is 3.42. The second kappa shape index (κ2) is 9.63. The molecule has 2 N–H and O–H groups in total. The van der Waals surface area contributed by atoms with Crippen molar-refractivity contribution in [2.45, 2.75) is 50.7 Å². The van der Waals surface area contributed by atoms with Gasteiger partial charge in [0.2, 0.25) is 5.91 Å². The van der Waals surface area contributed by atoms with Crippen LogP contribution in [-0.2, 0) is 4.79 Å². The van der Waals surface area contributed by atoms with Gasteiger partial charge in [0.15, 0.2) is 0 Å². The number of hydrogen-bond acceptors (Lipinski definition) is 8. The van der Waals surface area contributed by atoms with Crippen molar-refractivity contribution in [2.24, 2.45) is 0 Å². The van der Waals surface area contributed by atoms with Crippen molar-refractivity contribution < 1.29 is 9.53 Å². The van der Waals surface area contributed by atoms with Gasteiger partial charge in [0.25, 0.3) is 0 Å². The predicted molar refractivity (Wildman–Crippen MR) is 140 cm³/mol. The van der Waals surface area contributed by atoms with Crippen LogP contribution >= 0.6 is 0 Å². The average molecular weight is 488 g/mol. The first-order chi connectivity index (χ1) is 17.5. The number of piperazine rings is 1. The zero-order valence-corrected chi connectivity index (χ0v) is 20.9. The van der Waals surface area contributed by atoms with Gasteiger partial charge >= 0.3 is 6.01 Å². The van der Waals surface area contributed by atoms with Gasteiger partial charge in [-0.15, -0.1) is 0 Å². The quantitative estimate of drug-likeness (QED) is 0.548. The summed E-state index contributed by atoms with van der Waals surface area (Å²) >= 11 is 0. The topological polar surface area (TPSA) is 95.5 Å². The average Bonchev–Trinajstić information content (AvgIpc) is 3.44. The van der Waals surface area contributed by atoms with E-state index in [-0.39, 0.29) is 5.91 Å². The highest BCUT2D eigenvalue weighted by Crippen LogP contribution is 2.33. The number of nitrogens with one attached hydrogen (secondary N) is 2. The van der Waals surface area contributed by atoms with Crippen molar-refractivity contribution in [1.82, 2.24) is 25.2 Å². The molecule has 1 amide bonds. The standard InChI is InChI=1S/C27H33N7O2/c1-17(35)29-22-10-19(12-28-13-22)18-5-8-24-25(11-18)31-27(36-16-23-4-3-9-33(23)2)32-26(24)34-14-20-6-7-21(15-34)30-20/h5,8,10-13,20-21,23,30H,3-4,6-7,9,14-16H2,1-2H3,(H,29,35)/t20?,21?,23-/m0/s1. The summed E-state index contributed by atoms with van der Waals surface area (Å²) < 4.78 is 6.21. The summed E-state index contributed by atoms with van der Waals surface area (Å²) in [4.78, 5) is 30.4. The Morgan fingerprint density at radius 3 is 2.69 bits per heavy atom. The fourth-order valence-corrected chi connectivity index (χ4v) is 5.78. The van der Waals surface area contributed by atoms with Crippen LogP contribution in [0.3, 0.4) is 0 Å². The third-order valence-corrected chi connectivity index (χ3v) is 7.64. The number of fused-ring (bicyclic) bond motifs is 3. The van der Waals surface area contributed by atoms with E-state index in [1.807, 2.05) is 6.07 Å². The highest BCUT2D eigenvalue weighted by molar-refractivity contribution is 5.94. The fraction of sp³-hybridized carbons (Fsp3) is 0.481. The molecule has 3 aliphatic heterocycles. The molecular formula is C27H33N7O2. The number of amides is 1. The van der Waals surface area contributed by atoms with Crippen LogP contribution < -0.4 is 20.3 Å². The highest BCUT2D eigenvalue weighted by atomic mass is 16.5. The Labute approximate surface area is 211 Å². The molecule has 3 aromatic rings. The van der Waals surface area contributed by atoms with Gasteiger partial charge in [-0.2, -0.15) is 9.97 Å². The minimum Gasteiger partial charge on any atom is -0.462 e. The largest absolute Gasteiger partial charge is 0.462 e. The Morgan fingerprint density at radius 2 is 1.94 bits per heavy atom. The van der Waals surface area contributed by atoms with E-state index in [0.29, 0.717) is 36.4 Å². The lowest BCUT2D eigenvalue weighted by Crippen LogP contribution is -2.51. The van der Waals surface area contributed by atoms with E-state index in [1.54, 1.807) is 12.4 Å². The number of benzene rings is 1. The van der Waals surface area contributed by atoms with Crippen molar-refractivity contribution in [3.63, 3.8) is 0 Å². The number of anilines is 2. The second-order valence-corrected chi connectivity index (χ2v) is 10.3. The van der Waals surface area contributed by atoms with E-state index in [1.165, 1.54) is 26.2 Å². The Bertz CT molecular complexity index is 1270. The van der Waals surface area contributed by atoms with E-state index in [2.05, 4.69) is 50.7 Å². The van der Waals surface area contributed by atoms with Crippen LogP contribution in [0, 0.1) is 0 Å². The van der Waals surface area contributed by atoms with Gasteiger partial charge in [-0.25, -0.2) is 0 Å². The number of rotatable bonds is 6. The molecule has 3 saturated heterocycles. The molecule has 2 bridgehead atoms. The molecule has 0 aliphatic carbocycles. The van der Waals surface area contributed by atoms with Crippen molar-refractivity contribution in [3.05, 3.63) is 36.7 Å². The molecule has 188 valence electrons. The van der Waals surface area contributed by atoms with E-state index < -0.39 is 0 Å². The summed E-state index contributed by atoms with van der Waals surface area (Å²) in [7, 11) is 2.15. The lowest BCUT2D eigenvalue weighted by atomic mass is 10.0. The predicted octanol–water partition coefficient (Wildman–Crippen LogP) is 3.06. The Kier molecular flexibility index (Phi) is 6.18. The third-order valence-electron chi connectivity index (χ3n) is 7.64. The Hall–Kier alpha value is -3.30. The first-order valence-electron chi connectivity index (χ1n) is 12.9. The van der Waals surface area contributed by atoms with Crippen LogP contribution in [0.2, 0.25) is 0 Å². The maximum absolute atomic E-state index is 11.5. The molecule has 9 heteroatoms. The summed E-state index contributed by atoms with van der Waals surface area (Å²) in [5, 5.41) is 7.55. The zero-order chi connectivity index (χ0) is 24.6. The van der Waals surface area contributed by atoms with Gasteiger partial charge in [0.1, 0.15) is 12.4 Å². The number of nitrogens with zero attached hydrogens (tertiary/aromatic N) is 5. The third kappa shape index (κ3) is 4.73. The van der Waals surface area contributed by atoms with Gasteiger partial charge in [-0.1, -0.05) is 6.07 Å². The lowest BCUT2D eigenvalue weighted by molar-refractivity contribution is -0.114. The van der Waals surface area contributed by atoms with Crippen LogP contribution in [0.4, 0.5) is 11.5 Å². The molecular weight excluding hydrogens is 454 g/mol. The van der Waals surface area contributed by atoms with Crippen molar-refractivity contribution >= 4 is 28.3 Å². The molecule has 0 saturated carbocycles. The van der Waals surface area contributed by atoms with Crippen LogP contribution in [-0.4, -0.2) is 77.2 Å². The fourth-order valence-electron chi connectivity index (χ4n) is 5.78. The van der Waals surface area contributed by atoms with Gasteiger partial charge in [-0.05, 0) is 63.0 Å². The number of aromatic nitrogens is 3. The van der Waals surface area contributed by atoms with E-state index in [4.69, 9.17) is 14.7 Å². The molecule has 3 atom stereocenters. The van der Waals surface area contributed by atoms with Crippen molar-refractivity contribution in [2.75, 3.05) is 43.5 Å². The molecule has 36 heavy (non-hydrogen) atoms. The molecule has 5 heterocycles. The number of hydrogen-bond donors (Lipinski definition) is 2. The molecule has 6 rings (SSSR count). The first-order valence-corrected chi connectivity index (χ1v) is 12.9. The molecule has 3 fully saturated rings. The Morgan fingerprint density at radius 1 is 1.11 bits per heavy atom. The number of ether oxygens (including phenoxy) is 1. The highest BCUT2D eigenvalue weighted by Gasteiger charge is 2.33. The maximum Gasteiger partial charge on any atom is 0.319 e. The number of likely N-dealkylation sites (tertiary alicyclic amines) is 1. The lowest BCUT2D eigenvalue weighted by Gasteiger charge is -2.34. The van der Waals surface area contributed by atoms with Gasteiger partial charge in [-0.3, -0.25) is 9.78 Å². The number of carbonyl (C=O) groups excluding carboxylic acids is 1. The van der Waals surface area contributed by atoms with E-state index in [9.17, 15) is 4.79 Å². The van der Waals surface area contributed by atoms with E-state index >= 15 is 0 Å². The monoisotopic (exact) mass is 487 g/mol. The first kappa shape index (κ1) is 23.1. The SMILES string of the molecule is CC(=O)Nc1cncc(-c2ccc3c(N4CC5CCC(C4)N5)nc(OC[C@@H]4CCCN4C)nc3c2)c1. The minimum atomic E-state index is -0.121. The zero-order valence-electron chi connectivity index (χ0n) is 20.9. The maximum atomic E-state index is 11.5. The smallest absolute Gasteiger partial charge is 0.319 e. The molecule has 2 unspecified atom stereocenters. The summed E-state index contributed by atoms with van der Waals surface area (Å²) in [6.07, 6.45) is 8.21. The minimum absolute atomic E-state index is 0.121. The molecule has 1 aromatic carbocycles. The van der Waals surface area contributed by atoms with Gasteiger partial charge < -0.3 is 25.2 Å². The molecule has 0 radical (unpaired) electrons. The van der Waals surface area contributed by atoms with Crippen LogP contribution in [0.15, 0.2) is 36.7 Å². The van der Waals surface area contributed by atoms with Gasteiger partial charge in [0.05, 0.1) is 17.4 Å². The molecule has 3 aliphatic rings.